The van der Waals surface area contributed by atoms with E-state index < -0.39 is 6.10 Å². The Labute approximate surface area is 119 Å². The smallest absolute Gasteiger partial charge is 0.129 e. The molecule has 0 spiro atoms. The van der Waals surface area contributed by atoms with Crippen molar-refractivity contribution in [1.82, 2.24) is 0 Å². The molecule has 2 rings (SSSR count). The number of benzene rings is 2. The Hall–Kier alpha value is -1.71. The summed E-state index contributed by atoms with van der Waals surface area (Å²) in [5.74, 6) is -0.698. The van der Waals surface area contributed by atoms with Gasteiger partial charge in [-0.3, -0.25) is 0 Å². The average Bonchev–Trinajstić information content (AvgIpc) is 2.41. The molecule has 3 heteroatoms. The predicted octanol–water partition coefficient (Wildman–Crippen LogP) is 3.22. The molecule has 2 nitrogen and oxygen atoms in total. The first-order valence-corrected chi connectivity index (χ1v) is 6.73. The topological polar surface area (TPSA) is 46.2 Å². The first-order chi connectivity index (χ1) is 9.52. The number of nitrogens with two attached hydrogens (primary N) is 1. The van der Waals surface area contributed by atoms with E-state index in [0.717, 1.165) is 16.7 Å². The molecular formula is C17H20FNO. The Bertz CT molecular complexity index is 580. The minimum Gasteiger partial charge on any atom is -0.388 e. The first-order valence-electron chi connectivity index (χ1n) is 6.73. The fourth-order valence-corrected chi connectivity index (χ4v) is 2.35. The van der Waals surface area contributed by atoms with Crippen LogP contribution in [0.4, 0.5) is 4.39 Å². The molecule has 0 saturated carbocycles. The number of rotatable bonds is 4. The van der Waals surface area contributed by atoms with Crippen molar-refractivity contribution in [2.75, 3.05) is 6.54 Å². The maximum Gasteiger partial charge on any atom is 0.129 e. The molecule has 0 fully saturated rings. The summed E-state index contributed by atoms with van der Waals surface area (Å²) in [6.45, 7) is 4.08. The van der Waals surface area contributed by atoms with Crippen molar-refractivity contribution in [2.45, 2.75) is 25.9 Å². The van der Waals surface area contributed by atoms with Crippen molar-refractivity contribution in [3.05, 3.63) is 70.5 Å². The number of halogens is 1. The van der Waals surface area contributed by atoms with Gasteiger partial charge in [0.15, 0.2) is 0 Å². The predicted molar refractivity (Wildman–Crippen MR) is 79.1 cm³/mol. The number of aliphatic hydroxyl groups is 1. The minimum absolute atomic E-state index is 0.261. The zero-order valence-corrected chi connectivity index (χ0v) is 11.8. The van der Waals surface area contributed by atoms with Crippen molar-refractivity contribution in [1.29, 1.82) is 0 Å². The molecule has 0 bridgehead atoms. The third kappa shape index (κ3) is 3.06. The highest BCUT2D eigenvalue weighted by Gasteiger charge is 2.23. The molecule has 0 heterocycles. The van der Waals surface area contributed by atoms with Crippen LogP contribution in [0.5, 0.6) is 0 Å². The lowest BCUT2D eigenvalue weighted by molar-refractivity contribution is 0.143. The van der Waals surface area contributed by atoms with Crippen LogP contribution in [0.25, 0.3) is 0 Å². The van der Waals surface area contributed by atoms with Crippen LogP contribution in [0.2, 0.25) is 0 Å². The van der Waals surface area contributed by atoms with E-state index in [2.05, 4.69) is 0 Å². The molecule has 20 heavy (non-hydrogen) atoms. The molecule has 2 aromatic rings. The van der Waals surface area contributed by atoms with Gasteiger partial charge < -0.3 is 10.8 Å². The van der Waals surface area contributed by atoms with Crippen LogP contribution in [0.15, 0.2) is 42.5 Å². The summed E-state index contributed by atoms with van der Waals surface area (Å²) in [7, 11) is 0. The van der Waals surface area contributed by atoms with Crippen molar-refractivity contribution < 1.29 is 9.50 Å². The van der Waals surface area contributed by atoms with E-state index in [4.69, 9.17) is 5.73 Å². The quantitative estimate of drug-likeness (QED) is 0.898. The molecule has 0 radical (unpaired) electrons. The molecule has 106 valence electrons. The second-order valence-electron chi connectivity index (χ2n) is 5.22. The molecule has 0 saturated heterocycles. The lowest BCUT2D eigenvalue weighted by Gasteiger charge is -2.23. The fraction of sp³-hybridized carbons (Fsp3) is 0.294. The van der Waals surface area contributed by atoms with Crippen LogP contribution >= 0.6 is 0 Å². The highest BCUT2D eigenvalue weighted by molar-refractivity contribution is 5.31. The van der Waals surface area contributed by atoms with Gasteiger partial charge in [-0.15, -0.1) is 0 Å². The zero-order chi connectivity index (χ0) is 14.7. The van der Waals surface area contributed by atoms with Crippen LogP contribution in [0.1, 0.15) is 34.3 Å². The third-order valence-electron chi connectivity index (χ3n) is 3.62. The van der Waals surface area contributed by atoms with Gasteiger partial charge in [-0.1, -0.05) is 42.0 Å². The Morgan fingerprint density at radius 1 is 1.05 bits per heavy atom. The van der Waals surface area contributed by atoms with Crippen molar-refractivity contribution >= 4 is 0 Å². The zero-order valence-electron chi connectivity index (χ0n) is 11.8. The van der Waals surface area contributed by atoms with Gasteiger partial charge in [0.2, 0.25) is 0 Å². The molecular weight excluding hydrogens is 253 g/mol. The molecule has 0 aliphatic carbocycles. The van der Waals surface area contributed by atoms with Crippen LogP contribution in [0.3, 0.4) is 0 Å². The van der Waals surface area contributed by atoms with Gasteiger partial charge in [-0.2, -0.15) is 0 Å². The first kappa shape index (κ1) is 14.7. The van der Waals surface area contributed by atoms with E-state index in [1.807, 2.05) is 38.1 Å². The maximum atomic E-state index is 14.0. The summed E-state index contributed by atoms with van der Waals surface area (Å²) in [6, 6.07) is 12.7. The molecule has 2 atom stereocenters. The summed E-state index contributed by atoms with van der Waals surface area (Å²) < 4.78 is 14.0. The van der Waals surface area contributed by atoms with Crippen LogP contribution < -0.4 is 5.73 Å². The lowest BCUT2D eigenvalue weighted by Crippen LogP contribution is -2.21. The summed E-state index contributed by atoms with van der Waals surface area (Å²) in [4.78, 5) is 0. The number of aliphatic hydroxyl groups excluding tert-OH is 1. The minimum atomic E-state index is -0.941. The Kier molecular flexibility index (Phi) is 4.53. The van der Waals surface area contributed by atoms with Crippen LogP contribution in [-0.4, -0.2) is 11.7 Å². The largest absolute Gasteiger partial charge is 0.388 e. The monoisotopic (exact) mass is 273 g/mol. The van der Waals surface area contributed by atoms with Gasteiger partial charge in [0, 0.05) is 18.0 Å². The fourth-order valence-electron chi connectivity index (χ4n) is 2.35. The molecule has 0 aromatic heterocycles. The van der Waals surface area contributed by atoms with Crippen molar-refractivity contribution in [2.24, 2.45) is 5.73 Å². The summed E-state index contributed by atoms with van der Waals surface area (Å²) in [6.07, 6.45) is -0.941. The van der Waals surface area contributed by atoms with E-state index >= 15 is 0 Å². The standard InChI is InChI=1S/C17H20FNO/c1-11-3-6-13(7-4-11)15(10-19)17(20)14-8-5-12(2)9-16(14)18/h3-9,15,17,20H,10,19H2,1-2H3. The molecule has 2 unspecified atom stereocenters. The molecule has 2 aromatic carbocycles. The Balaban J connectivity index is 2.33. The van der Waals surface area contributed by atoms with Gasteiger partial charge in [0.1, 0.15) is 5.82 Å². The van der Waals surface area contributed by atoms with Gasteiger partial charge in [-0.05, 0) is 31.0 Å². The van der Waals surface area contributed by atoms with Gasteiger partial charge in [0.25, 0.3) is 0 Å². The Morgan fingerprint density at radius 3 is 2.20 bits per heavy atom. The highest BCUT2D eigenvalue weighted by atomic mass is 19.1. The maximum absolute atomic E-state index is 14.0. The second kappa shape index (κ2) is 6.16. The highest BCUT2D eigenvalue weighted by Crippen LogP contribution is 2.32. The Morgan fingerprint density at radius 2 is 1.65 bits per heavy atom. The number of hydrogen-bond acceptors (Lipinski definition) is 2. The SMILES string of the molecule is Cc1ccc(C(CN)C(O)c2ccc(C)cc2F)cc1. The van der Waals surface area contributed by atoms with Gasteiger partial charge >= 0.3 is 0 Å². The summed E-state index contributed by atoms with van der Waals surface area (Å²) >= 11 is 0. The van der Waals surface area contributed by atoms with Gasteiger partial charge in [-0.25, -0.2) is 4.39 Å². The normalized spacial score (nSPS) is 14.1. The number of aryl methyl sites for hydroxylation is 2. The number of hydrogen-bond donors (Lipinski definition) is 2. The van der Waals surface area contributed by atoms with Crippen LogP contribution in [0, 0.1) is 19.7 Å². The van der Waals surface area contributed by atoms with Gasteiger partial charge in [0.05, 0.1) is 6.10 Å². The second-order valence-corrected chi connectivity index (χ2v) is 5.22. The van der Waals surface area contributed by atoms with E-state index in [1.165, 1.54) is 6.07 Å². The van der Waals surface area contributed by atoms with Crippen LogP contribution in [-0.2, 0) is 0 Å². The van der Waals surface area contributed by atoms with Crippen molar-refractivity contribution in [3.8, 4) is 0 Å². The van der Waals surface area contributed by atoms with E-state index in [-0.39, 0.29) is 18.3 Å². The van der Waals surface area contributed by atoms with E-state index in [9.17, 15) is 9.50 Å². The molecule has 0 amide bonds. The molecule has 0 aliphatic heterocycles. The molecule has 3 N–H and O–H groups in total. The lowest BCUT2D eigenvalue weighted by atomic mass is 9.88. The summed E-state index contributed by atoms with van der Waals surface area (Å²) in [5, 5.41) is 10.5. The van der Waals surface area contributed by atoms with Crippen molar-refractivity contribution in [3.63, 3.8) is 0 Å². The average molecular weight is 273 g/mol. The van der Waals surface area contributed by atoms with E-state index in [0.29, 0.717) is 5.56 Å². The van der Waals surface area contributed by atoms with E-state index in [1.54, 1.807) is 12.1 Å². The molecule has 0 aliphatic rings. The summed E-state index contributed by atoms with van der Waals surface area (Å²) in [5.41, 5.74) is 8.97. The third-order valence-corrected chi connectivity index (χ3v) is 3.62.